The van der Waals surface area contributed by atoms with Crippen LogP contribution in [0.5, 0.6) is 23.0 Å². The summed E-state index contributed by atoms with van der Waals surface area (Å²) in [6, 6.07) is 37.9. The Labute approximate surface area is 309 Å². The van der Waals surface area contributed by atoms with Gasteiger partial charge in [0, 0.05) is 17.8 Å². The van der Waals surface area contributed by atoms with Crippen LogP contribution in [-0.4, -0.2) is 27.2 Å². The number of amides is 1. The predicted molar refractivity (Wildman–Crippen MR) is 200 cm³/mol. The van der Waals surface area contributed by atoms with Gasteiger partial charge in [0.15, 0.2) is 0 Å². The molecule has 0 heterocycles. The third kappa shape index (κ3) is 9.43. The number of hydrogen-bond acceptors (Lipinski definition) is 10. The standard InChI is InChI=1S/C41H33N3O10/c1-26-2-21-38(41(46)47)39(22-26)40(45)42-31-8-17-36(18-9-31)53-34-13-4-27(5-14-34)28-6-15-35(16-7-28)54-37-19-10-32(11-20-37)43-51-24-30-23-33(44(48)49)12-3-29(30)25-52-50/h2-23,43,50H,24-25H2,1H3,(H,42,45)(H,46,47). The average molecular weight is 728 g/mol. The van der Waals surface area contributed by atoms with Crippen molar-refractivity contribution in [3.63, 3.8) is 0 Å². The van der Waals surface area contributed by atoms with E-state index in [1.165, 1.54) is 24.3 Å². The maximum Gasteiger partial charge on any atom is 0.336 e. The van der Waals surface area contributed by atoms with Gasteiger partial charge >= 0.3 is 5.97 Å². The minimum atomic E-state index is -1.17. The fourth-order valence-electron chi connectivity index (χ4n) is 5.40. The van der Waals surface area contributed by atoms with E-state index < -0.39 is 16.8 Å². The van der Waals surface area contributed by atoms with Crippen LogP contribution in [0.25, 0.3) is 11.1 Å². The van der Waals surface area contributed by atoms with Crippen LogP contribution in [-0.2, 0) is 22.9 Å². The summed E-state index contributed by atoms with van der Waals surface area (Å²) in [6.07, 6.45) is 0. The summed E-state index contributed by atoms with van der Waals surface area (Å²) in [5, 5.41) is 32.1. The van der Waals surface area contributed by atoms with Crippen molar-refractivity contribution in [2.45, 2.75) is 20.1 Å². The van der Waals surface area contributed by atoms with Crippen molar-refractivity contribution in [1.82, 2.24) is 0 Å². The molecule has 0 atom stereocenters. The van der Waals surface area contributed by atoms with Crippen LogP contribution in [0.1, 0.15) is 37.4 Å². The summed E-state index contributed by atoms with van der Waals surface area (Å²) < 4.78 is 12.0. The van der Waals surface area contributed by atoms with E-state index in [9.17, 15) is 24.8 Å². The van der Waals surface area contributed by atoms with E-state index in [0.717, 1.165) is 16.7 Å². The molecule has 0 aliphatic heterocycles. The lowest BCUT2D eigenvalue weighted by Gasteiger charge is -2.12. The fraction of sp³-hybridized carbons (Fsp3) is 0.0732. The highest BCUT2D eigenvalue weighted by atomic mass is 17.1. The maximum absolute atomic E-state index is 12.8. The zero-order chi connectivity index (χ0) is 38.0. The molecule has 0 saturated heterocycles. The number of nitrogens with zero attached hydrogens (tertiary/aromatic N) is 1. The maximum atomic E-state index is 12.8. The number of anilines is 2. The quantitative estimate of drug-likeness (QED) is 0.0449. The number of benzene rings is 6. The first-order chi connectivity index (χ1) is 26.1. The van der Waals surface area contributed by atoms with E-state index in [2.05, 4.69) is 15.7 Å². The Kier molecular flexibility index (Phi) is 11.5. The second-order valence-corrected chi connectivity index (χ2v) is 12.0. The average Bonchev–Trinajstić information content (AvgIpc) is 3.17. The van der Waals surface area contributed by atoms with Crippen molar-refractivity contribution in [2.75, 3.05) is 10.8 Å². The molecule has 6 rings (SSSR count). The first-order valence-electron chi connectivity index (χ1n) is 16.5. The topological polar surface area (TPSA) is 179 Å². The van der Waals surface area contributed by atoms with Crippen molar-refractivity contribution in [2.24, 2.45) is 0 Å². The molecule has 0 aromatic heterocycles. The van der Waals surface area contributed by atoms with Crippen LogP contribution in [0.2, 0.25) is 0 Å². The molecular formula is C41H33N3O10. The molecule has 0 bridgehead atoms. The first-order valence-corrected chi connectivity index (χ1v) is 16.5. The highest BCUT2D eigenvalue weighted by Gasteiger charge is 2.17. The van der Waals surface area contributed by atoms with Gasteiger partial charge in [-0.15, -0.1) is 0 Å². The molecule has 0 unspecified atom stereocenters. The zero-order valence-electron chi connectivity index (χ0n) is 28.7. The normalized spacial score (nSPS) is 10.7. The van der Waals surface area contributed by atoms with E-state index in [1.807, 2.05) is 48.5 Å². The van der Waals surface area contributed by atoms with Crippen molar-refractivity contribution in [1.29, 1.82) is 0 Å². The fourth-order valence-corrected chi connectivity index (χ4v) is 5.40. The van der Waals surface area contributed by atoms with Gasteiger partial charge in [-0.3, -0.25) is 30.5 Å². The van der Waals surface area contributed by atoms with Gasteiger partial charge < -0.3 is 19.9 Å². The van der Waals surface area contributed by atoms with Crippen molar-refractivity contribution in [3.8, 4) is 34.1 Å². The number of carbonyl (C=O) groups excluding carboxylic acids is 1. The van der Waals surface area contributed by atoms with Crippen LogP contribution in [0.15, 0.2) is 133 Å². The van der Waals surface area contributed by atoms with Gasteiger partial charge in [-0.05, 0) is 120 Å². The van der Waals surface area contributed by atoms with Gasteiger partial charge in [-0.2, -0.15) is 0 Å². The highest BCUT2D eigenvalue weighted by molar-refractivity contribution is 6.10. The number of nitro benzene ring substituents is 1. The van der Waals surface area contributed by atoms with E-state index in [0.29, 0.717) is 45.5 Å². The number of nitrogens with one attached hydrogen (secondary N) is 2. The molecule has 6 aromatic rings. The van der Waals surface area contributed by atoms with Crippen LogP contribution in [0.4, 0.5) is 17.1 Å². The smallest absolute Gasteiger partial charge is 0.336 e. The Bertz CT molecular complexity index is 2260. The number of hydrogen-bond donors (Lipinski definition) is 4. The lowest BCUT2D eigenvalue weighted by Crippen LogP contribution is -2.16. The van der Waals surface area contributed by atoms with Gasteiger partial charge in [-0.1, -0.05) is 35.9 Å². The first kappa shape index (κ1) is 36.7. The van der Waals surface area contributed by atoms with Crippen LogP contribution < -0.4 is 20.3 Å². The van der Waals surface area contributed by atoms with E-state index in [4.69, 9.17) is 19.6 Å². The molecule has 13 heteroatoms. The second-order valence-electron chi connectivity index (χ2n) is 12.0. The summed E-state index contributed by atoms with van der Waals surface area (Å²) in [7, 11) is 0. The molecule has 0 saturated carbocycles. The minimum Gasteiger partial charge on any atom is -0.478 e. The van der Waals surface area contributed by atoms with Crippen LogP contribution >= 0.6 is 0 Å². The Morgan fingerprint density at radius 2 is 1.19 bits per heavy atom. The highest BCUT2D eigenvalue weighted by Crippen LogP contribution is 2.30. The third-order valence-corrected chi connectivity index (χ3v) is 8.17. The van der Waals surface area contributed by atoms with E-state index in [1.54, 1.807) is 67.6 Å². The number of non-ortho nitro benzene ring substituents is 1. The molecule has 1 amide bonds. The van der Waals surface area contributed by atoms with Crippen molar-refractivity contribution in [3.05, 3.63) is 171 Å². The Hall–Kier alpha value is -7.06. The summed E-state index contributed by atoms with van der Waals surface area (Å²) in [5.41, 5.74) is 7.61. The zero-order valence-corrected chi connectivity index (χ0v) is 28.7. The summed E-state index contributed by atoms with van der Waals surface area (Å²) in [6.45, 7) is 1.65. The van der Waals surface area contributed by atoms with Gasteiger partial charge in [-0.25, -0.2) is 9.68 Å². The minimum absolute atomic E-state index is 0.00727. The lowest BCUT2D eigenvalue weighted by molar-refractivity contribution is -0.385. The predicted octanol–water partition coefficient (Wildman–Crippen LogP) is 9.64. The number of ether oxygens (including phenoxy) is 2. The summed E-state index contributed by atoms with van der Waals surface area (Å²) >= 11 is 0. The number of aryl methyl sites for hydroxylation is 1. The van der Waals surface area contributed by atoms with Crippen molar-refractivity contribution >= 4 is 28.9 Å². The number of carboxylic acids is 1. The third-order valence-electron chi connectivity index (χ3n) is 8.17. The molecule has 272 valence electrons. The SMILES string of the molecule is Cc1ccc(C(=O)O)c(C(=O)Nc2ccc(Oc3ccc(-c4ccc(Oc5ccc(NOCc6cc([N+](=O)[O-])ccc6COO)cc5)cc4)cc3)cc2)c1. The van der Waals surface area contributed by atoms with Gasteiger partial charge in [0.1, 0.15) is 36.2 Å². The number of nitro groups is 1. The molecule has 13 nitrogen and oxygen atoms in total. The Morgan fingerprint density at radius 1 is 0.648 bits per heavy atom. The molecular weight excluding hydrogens is 694 g/mol. The van der Waals surface area contributed by atoms with E-state index in [-0.39, 0.29) is 30.0 Å². The van der Waals surface area contributed by atoms with Gasteiger partial charge in [0.2, 0.25) is 0 Å². The molecule has 0 fully saturated rings. The Balaban J connectivity index is 0.988. The van der Waals surface area contributed by atoms with Crippen LogP contribution in [0, 0.1) is 17.0 Å². The number of carboxylic acid groups (broad SMARTS) is 1. The molecule has 0 aliphatic rings. The Morgan fingerprint density at radius 3 is 1.70 bits per heavy atom. The largest absolute Gasteiger partial charge is 0.478 e. The summed E-state index contributed by atoms with van der Waals surface area (Å²) in [5.74, 6) is 0.735. The molecule has 54 heavy (non-hydrogen) atoms. The molecule has 0 radical (unpaired) electrons. The second kappa shape index (κ2) is 17.0. The summed E-state index contributed by atoms with van der Waals surface area (Å²) in [4.78, 5) is 44.7. The lowest BCUT2D eigenvalue weighted by atomic mass is 10.0. The molecule has 0 spiro atoms. The number of aromatic carboxylic acids is 1. The van der Waals surface area contributed by atoms with E-state index >= 15 is 0 Å². The molecule has 4 N–H and O–H groups in total. The molecule has 6 aromatic carbocycles. The monoisotopic (exact) mass is 727 g/mol. The molecule has 0 aliphatic carbocycles. The van der Waals surface area contributed by atoms with Gasteiger partial charge in [0.05, 0.1) is 21.7 Å². The van der Waals surface area contributed by atoms with Crippen molar-refractivity contribution < 1.29 is 44.1 Å². The number of rotatable bonds is 15. The van der Waals surface area contributed by atoms with Crippen LogP contribution in [0.3, 0.4) is 0 Å². The van der Waals surface area contributed by atoms with Gasteiger partial charge in [0.25, 0.3) is 11.6 Å². The number of carbonyl (C=O) groups is 2.